The molecule has 11 heavy (non-hydrogen) atoms. The summed E-state index contributed by atoms with van der Waals surface area (Å²) < 4.78 is 4.67. The molecule has 0 bridgehead atoms. The molecule has 0 saturated carbocycles. The van der Waals surface area contributed by atoms with Gasteiger partial charge in [0, 0.05) is 12.3 Å². The first-order valence-electron chi connectivity index (χ1n) is 3.95. The molecular weight excluding hydrogens is 144 g/mol. The van der Waals surface area contributed by atoms with Crippen LogP contribution in [0.25, 0.3) is 0 Å². The maximum atomic E-state index is 10.8. The lowest BCUT2D eigenvalue weighted by atomic mass is 10.2. The highest BCUT2D eigenvalue weighted by Crippen LogP contribution is 2.04. The molecule has 0 aromatic heterocycles. The van der Waals surface area contributed by atoms with Crippen molar-refractivity contribution in [1.82, 2.24) is 0 Å². The van der Waals surface area contributed by atoms with Crippen molar-refractivity contribution in [2.75, 3.05) is 0 Å². The van der Waals surface area contributed by atoms with Gasteiger partial charge in [0.05, 0.1) is 0 Å². The Morgan fingerprint density at radius 1 is 1.55 bits per heavy atom. The topological polar surface area (TPSA) is 46.5 Å². The Bertz CT molecular complexity index is 121. The number of aliphatic hydroxyl groups excluding tert-OH is 1. The molecule has 3 heteroatoms. The Labute approximate surface area is 67.4 Å². The summed E-state index contributed by atoms with van der Waals surface area (Å²) in [7, 11) is 0. The minimum Gasteiger partial charge on any atom is -0.436 e. The van der Waals surface area contributed by atoms with E-state index in [2.05, 4.69) is 4.74 Å². The number of hydrogen-bond donors (Lipinski definition) is 1. The van der Waals surface area contributed by atoms with E-state index >= 15 is 0 Å². The van der Waals surface area contributed by atoms with E-state index in [1.165, 1.54) is 0 Å². The first-order valence-corrected chi connectivity index (χ1v) is 3.95. The lowest BCUT2D eigenvalue weighted by Gasteiger charge is -2.14. The second-order valence-electron chi connectivity index (χ2n) is 2.87. The van der Waals surface area contributed by atoms with Crippen LogP contribution in [0.5, 0.6) is 0 Å². The van der Waals surface area contributed by atoms with Gasteiger partial charge in [-0.05, 0) is 6.42 Å². The lowest BCUT2D eigenvalue weighted by molar-refractivity contribution is -0.174. The molecule has 1 N–H and O–H groups in total. The molecule has 1 unspecified atom stereocenters. The molecule has 0 fully saturated rings. The molecule has 0 radical (unpaired) electrons. The summed E-state index contributed by atoms with van der Waals surface area (Å²) in [6.07, 6.45) is 0.182. The largest absolute Gasteiger partial charge is 0.436 e. The molecule has 0 spiro atoms. The van der Waals surface area contributed by atoms with E-state index in [0.717, 1.165) is 6.42 Å². The summed E-state index contributed by atoms with van der Waals surface area (Å²) >= 11 is 0. The fourth-order valence-electron chi connectivity index (χ4n) is 0.534. The van der Waals surface area contributed by atoms with Crippen molar-refractivity contribution in [3.8, 4) is 0 Å². The van der Waals surface area contributed by atoms with Crippen molar-refractivity contribution in [2.45, 2.75) is 39.9 Å². The lowest BCUT2D eigenvalue weighted by Crippen LogP contribution is -2.22. The molecule has 66 valence electrons. The van der Waals surface area contributed by atoms with Gasteiger partial charge < -0.3 is 9.84 Å². The molecule has 0 amide bonds. The number of hydrogen-bond acceptors (Lipinski definition) is 3. The highest BCUT2D eigenvalue weighted by molar-refractivity contribution is 5.69. The quantitative estimate of drug-likeness (QED) is 0.498. The summed E-state index contributed by atoms with van der Waals surface area (Å²) in [6.45, 7) is 5.48. The summed E-state index contributed by atoms with van der Waals surface area (Å²) in [5.41, 5.74) is 0. The van der Waals surface area contributed by atoms with Crippen molar-refractivity contribution in [3.63, 3.8) is 0 Å². The van der Waals surface area contributed by atoms with Gasteiger partial charge in [0.15, 0.2) is 0 Å². The van der Waals surface area contributed by atoms with Crippen molar-refractivity contribution in [1.29, 1.82) is 0 Å². The molecule has 0 aliphatic rings. The van der Waals surface area contributed by atoms with Gasteiger partial charge in [0.1, 0.15) is 0 Å². The van der Waals surface area contributed by atoms with Crippen molar-refractivity contribution >= 4 is 5.97 Å². The smallest absolute Gasteiger partial charge is 0.308 e. The standard InChI is InChI=1S/C8H16O3/c1-4-5-7(9)11-8(10)6(2)3/h6,8,10H,4-5H2,1-3H3. The summed E-state index contributed by atoms with van der Waals surface area (Å²) in [6, 6.07) is 0. The van der Waals surface area contributed by atoms with Crippen molar-refractivity contribution < 1.29 is 14.6 Å². The van der Waals surface area contributed by atoms with Crippen molar-refractivity contribution in [2.24, 2.45) is 5.92 Å². The first-order chi connectivity index (χ1) is 5.07. The van der Waals surface area contributed by atoms with E-state index in [-0.39, 0.29) is 11.9 Å². The summed E-state index contributed by atoms with van der Waals surface area (Å²) in [5.74, 6) is -0.357. The first kappa shape index (κ1) is 10.4. The zero-order chi connectivity index (χ0) is 8.85. The second kappa shape index (κ2) is 5.13. The van der Waals surface area contributed by atoms with Gasteiger partial charge in [0.25, 0.3) is 0 Å². The summed E-state index contributed by atoms with van der Waals surface area (Å²) in [5, 5.41) is 9.08. The van der Waals surface area contributed by atoms with Gasteiger partial charge in [-0.3, -0.25) is 4.79 Å². The van der Waals surface area contributed by atoms with E-state index in [1.54, 1.807) is 13.8 Å². The third-order valence-corrected chi connectivity index (χ3v) is 1.28. The fourth-order valence-corrected chi connectivity index (χ4v) is 0.534. The molecule has 0 saturated heterocycles. The van der Waals surface area contributed by atoms with Crippen LogP contribution in [0, 0.1) is 5.92 Å². The number of ether oxygens (including phenoxy) is 1. The van der Waals surface area contributed by atoms with Gasteiger partial charge in [-0.2, -0.15) is 0 Å². The highest BCUT2D eigenvalue weighted by atomic mass is 16.6. The Balaban J connectivity index is 3.57. The second-order valence-corrected chi connectivity index (χ2v) is 2.87. The molecule has 0 aliphatic heterocycles. The fraction of sp³-hybridized carbons (Fsp3) is 0.875. The zero-order valence-corrected chi connectivity index (χ0v) is 7.33. The number of carbonyl (C=O) groups is 1. The Kier molecular flexibility index (Phi) is 4.86. The molecule has 3 nitrogen and oxygen atoms in total. The SMILES string of the molecule is CCCC(=O)OC(O)C(C)C. The van der Waals surface area contributed by atoms with E-state index in [9.17, 15) is 4.79 Å². The van der Waals surface area contributed by atoms with Gasteiger partial charge in [-0.15, -0.1) is 0 Å². The third-order valence-electron chi connectivity index (χ3n) is 1.28. The average Bonchev–Trinajstić information content (AvgIpc) is 1.87. The maximum Gasteiger partial charge on any atom is 0.308 e. The van der Waals surface area contributed by atoms with Gasteiger partial charge in [0.2, 0.25) is 6.29 Å². The number of esters is 1. The molecule has 0 aromatic carbocycles. The minimum absolute atomic E-state index is 0.0317. The minimum atomic E-state index is -0.950. The maximum absolute atomic E-state index is 10.8. The van der Waals surface area contributed by atoms with Crippen molar-refractivity contribution in [3.05, 3.63) is 0 Å². The van der Waals surface area contributed by atoms with E-state index in [1.807, 2.05) is 6.92 Å². The Hall–Kier alpha value is -0.570. The van der Waals surface area contributed by atoms with Gasteiger partial charge in [-0.25, -0.2) is 0 Å². The van der Waals surface area contributed by atoms with Crippen LogP contribution in [0.4, 0.5) is 0 Å². The molecule has 0 heterocycles. The van der Waals surface area contributed by atoms with Crippen LogP contribution in [-0.4, -0.2) is 17.4 Å². The molecule has 0 rings (SSSR count). The van der Waals surface area contributed by atoms with Crippen LogP contribution >= 0.6 is 0 Å². The van der Waals surface area contributed by atoms with Crippen LogP contribution in [0.3, 0.4) is 0 Å². The predicted octanol–water partition coefficient (Wildman–Crippen LogP) is 1.30. The van der Waals surface area contributed by atoms with Crippen LogP contribution in [0.15, 0.2) is 0 Å². The van der Waals surface area contributed by atoms with Crippen LogP contribution in [0.2, 0.25) is 0 Å². The Morgan fingerprint density at radius 3 is 2.45 bits per heavy atom. The van der Waals surface area contributed by atoms with Crippen LogP contribution < -0.4 is 0 Å². The number of rotatable bonds is 4. The normalized spacial score (nSPS) is 13.2. The van der Waals surface area contributed by atoms with Crippen LogP contribution in [0.1, 0.15) is 33.6 Å². The molecular formula is C8H16O3. The van der Waals surface area contributed by atoms with E-state index in [0.29, 0.717) is 6.42 Å². The average molecular weight is 160 g/mol. The van der Waals surface area contributed by atoms with Crippen LogP contribution in [-0.2, 0) is 9.53 Å². The van der Waals surface area contributed by atoms with Gasteiger partial charge in [-0.1, -0.05) is 20.8 Å². The Morgan fingerprint density at radius 2 is 2.09 bits per heavy atom. The molecule has 0 aromatic rings. The monoisotopic (exact) mass is 160 g/mol. The highest BCUT2D eigenvalue weighted by Gasteiger charge is 2.13. The third kappa shape index (κ3) is 4.79. The van der Waals surface area contributed by atoms with E-state index < -0.39 is 6.29 Å². The predicted molar refractivity (Wildman–Crippen MR) is 41.8 cm³/mol. The number of carbonyl (C=O) groups excluding carboxylic acids is 1. The number of aliphatic hydroxyl groups is 1. The summed E-state index contributed by atoms with van der Waals surface area (Å²) in [4.78, 5) is 10.8. The molecule has 0 aliphatic carbocycles. The molecule has 1 atom stereocenters. The van der Waals surface area contributed by atoms with E-state index in [4.69, 9.17) is 5.11 Å². The van der Waals surface area contributed by atoms with Gasteiger partial charge >= 0.3 is 5.97 Å². The zero-order valence-electron chi connectivity index (χ0n) is 7.33.